The van der Waals surface area contributed by atoms with Crippen molar-refractivity contribution in [2.24, 2.45) is 0 Å². The van der Waals surface area contributed by atoms with Crippen LogP contribution in [0, 0.1) is 0 Å². The standard InChI is InChI=1S/C18H13NO/c19-15-11-10-13(12-6-2-1-3-7-12)18-17(15)14-8-4-5-9-16(14)20-18/h1-11H,19H2. The SMILES string of the molecule is Nc1ccc(-c2ccccc2)c2oc3ccccc3c12. The molecule has 0 saturated heterocycles. The van der Waals surface area contributed by atoms with Gasteiger partial charge in [0.15, 0.2) is 0 Å². The Labute approximate surface area is 116 Å². The van der Waals surface area contributed by atoms with Crippen LogP contribution in [0.5, 0.6) is 0 Å². The molecule has 96 valence electrons. The van der Waals surface area contributed by atoms with E-state index in [1.165, 1.54) is 0 Å². The van der Waals surface area contributed by atoms with Gasteiger partial charge in [-0.25, -0.2) is 0 Å². The fourth-order valence-corrected chi connectivity index (χ4v) is 2.70. The summed E-state index contributed by atoms with van der Waals surface area (Å²) in [5.41, 5.74) is 10.9. The highest BCUT2D eigenvalue weighted by Gasteiger charge is 2.14. The van der Waals surface area contributed by atoms with Gasteiger partial charge in [-0.15, -0.1) is 0 Å². The molecule has 0 radical (unpaired) electrons. The highest BCUT2D eigenvalue weighted by molar-refractivity contribution is 6.14. The lowest BCUT2D eigenvalue weighted by molar-refractivity contribution is 0.670. The zero-order valence-corrected chi connectivity index (χ0v) is 10.8. The Kier molecular flexibility index (Phi) is 2.30. The molecule has 0 spiro atoms. The molecule has 4 rings (SSSR count). The van der Waals surface area contributed by atoms with E-state index in [9.17, 15) is 0 Å². The average Bonchev–Trinajstić information content (AvgIpc) is 2.88. The minimum Gasteiger partial charge on any atom is -0.455 e. The first-order valence-corrected chi connectivity index (χ1v) is 6.60. The Morgan fingerprint density at radius 1 is 0.750 bits per heavy atom. The van der Waals surface area contributed by atoms with Crippen LogP contribution >= 0.6 is 0 Å². The molecule has 0 unspecified atom stereocenters. The molecule has 0 aliphatic heterocycles. The molecule has 0 saturated carbocycles. The number of anilines is 1. The van der Waals surface area contributed by atoms with Crippen LogP contribution in [-0.4, -0.2) is 0 Å². The Morgan fingerprint density at radius 2 is 1.50 bits per heavy atom. The van der Waals surface area contributed by atoms with E-state index in [2.05, 4.69) is 12.1 Å². The third kappa shape index (κ3) is 1.51. The summed E-state index contributed by atoms with van der Waals surface area (Å²) < 4.78 is 6.04. The number of para-hydroxylation sites is 1. The zero-order valence-electron chi connectivity index (χ0n) is 10.8. The maximum atomic E-state index is 6.15. The summed E-state index contributed by atoms with van der Waals surface area (Å²) in [4.78, 5) is 0. The average molecular weight is 259 g/mol. The predicted octanol–water partition coefficient (Wildman–Crippen LogP) is 4.84. The second-order valence-corrected chi connectivity index (χ2v) is 4.87. The monoisotopic (exact) mass is 259 g/mol. The lowest BCUT2D eigenvalue weighted by atomic mass is 10.0. The number of benzene rings is 3. The van der Waals surface area contributed by atoms with Crippen LogP contribution in [0.3, 0.4) is 0 Å². The van der Waals surface area contributed by atoms with Crippen LogP contribution in [0.2, 0.25) is 0 Å². The summed E-state index contributed by atoms with van der Waals surface area (Å²) in [6.45, 7) is 0. The summed E-state index contributed by atoms with van der Waals surface area (Å²) >= 11 is 0. The van der Waals surface area contributed by atoms with Gasteiger partial charge in [0.2, 0.25) is 0 Å². The third-order valence-electron chi connectivity index (χ3n) is 3.64. The quantitative estimate of drug-likeness (QED) is 0.497. The number of furan rings is 1. The Bertz CT molecular complexity index is 907. The van der Waals surface area contributed by atoms with Crippen molar-refractivity contribution in [1.29, 1.82) is 0 Å². The molecule has 0 aliphatic rings. The van der Waals surface area contributed by atoms with Gasteiger partial charge in [0.1, 0.15) is 11.2 Å². The number of hydrogen-bond donors (Lipinski definition) is 1. The van der Waals surface area contributed by atoms with Crippen molar-refractivity contribution in [2.75, 3.05) is 5.73 Å². The molecule has 20 heavy (non-hydrogen) atoms. The molecule has 0 fully saturated rings. The van der Waals surface area contributed by atoms with Crippen molar-refractivity contribution in [3.05, 3.63) is 66.7 Å². The minimum absolute atomic E-state index is 0.754. The second-order valence-electron chi connectivity index (χ2n) is 4.87. The summed E-state index contributed by atoms with van der Waals surface area (Å²) in [5, 5.41) is 2.07. The maximum Gasteiger partial charge on any atom is 0.145 e. The molecule has 1 heterocycles. The Morgan fingerprint density at radius 3 is 2.35 bits per heavy atom. The number of nitrogen functional groups attached to an aromatic ring is 1. The van der Waals surface area contributed by atoms with Crippen molar-refractivity contribution >= 4 is 27.6 Å². The molecule has 0 amide bonds. The zero-order chi connectivity index (χ0) is 13.5. The van der Waals surface area contributed by atoms with E-state index in [-0.39, 0.29) is 0 Å². The normalized spacial score (nSPS) is 11.2. The van der Waals surface area contributed by atoms with E-state index in [4.69, 9.17) is 10.2 Å². The molecular formula is C18H13NO. The van der Waals surface area contributed by atoms with Crippen LogP contribution in [0.4, 0.5) is 5.69 Å². The van der Waals surface area contributed by atoms with Gasteiger partial charge in [0.25, 0.3) is 0 Å². The van der Waals surface area contributed by atoms with Crippen molar-refractivity contribution in [2.45, 2.75) is 0 Å². The second kappa shape index (κ2) is 4.14. The first-order chi connectivity index (χ1) is 9.84. The van der Waals surface area contributed by atoms with Crippen LogP contribution in [-0.2, 0) is 0 Å². The summed E-state index contributed by atoms with van der Waals surface area (Å²) in [5.74, 6) is 0. The van der Waals surface area contributed by atoms with E-state index in [0.29, 0.717) is 0 Å². The van der Waals surface area contributed by atoms with Gasteiger partial charge in [-0.1, -0.05) is 48.5 Å². The highest BCUT2D eigenvalue weighted by Crippen LogP contribution is 2.38. The van der Waals surface area contributed by atoms with Gasteiger partial charge in [-0.2, -0.15) is 0 Å². The third-order valence-corrected chi connectivity index (χ3v) is 3.64. The molecule has 0 aliphatic carbocycles. The van der Waals surface area contributed by atoms with Gasteiger partial charge in [-0.3, -0.25) is 0 Å². The maximum absolute atomic E-state index is 6.15. The number of nitrogens with two attached hydrogens (primary N) is 1. The molecule has 1 aromatic heterocycles. The minimum atomic E-state index is 0.754. The topological polar surface area (TPSA) is 39.2 Å². The van der Waals surface area contributed by atoms with E-state index in [0.717, 1.165) is 38.8 Å². The van der Waals surface area contributed by atoms with E-state index >= 15 is 0 Å². The first-order valence-electron chi connectivity index (χ1n) is 6.60. The van der Waals surface area contributed by atoms with Gasteiger partial charge < -0.3 is 10.2 Å². The number of hydrogen-bond acceptors (Lipinski definition) is 2. The van der Waals surface area contributed by atoms with Crippen LogP contribution in [0.25, 0.3) is 33.1 Å². The van der Waals surface area contributed by atoms with Crippen LogP contribution < -0.4 is 5.73 Å². The summed E-state index contributed by atoms with van der Waals surface area (Å²) in [6, 6.07) is 22.2. The molecule has 2 nitrogen and oxygen atoms in total. The van der Waals surface area contributed by atoms with Crippen molar-refractivity contribution in [3.63, 3.8) is 0 Å². The van der Waals surface area contributed by atoms with Gasteiger partial charge in [0.05, 0.1) is 5.39 Å². The van der Waals surface area contributed by atoms with Crippen molar-refractivity contribution in [1.82, 2.24) is 0 Å². The van der Waals surface area contributed by atoms with Crippen LogP contribution in [0.15, 0.2) is 71.1 Å². The molecule has 2 N–H and O–H groups in total. The lowest BCUT2D eigenvalue weighted by Gasteiger charge is -2.04. The van der Waals surface area contributed by atoms with Crippen molar-refractivity contribution in [3.8, 4) is 11.1 Å². The summed E-state index contributed by atoms with van der Waals surface area (Å²) in [6.07, 6.45) is 0. The van der Waals surface area contributed by atoms with Gasteiger partial charge >= 0.3 is 0 Å². The van der Waals surface area contributed by atoms with Crippen molar-refractivity contribution < 1.29 is 4.42 Å². The molecule has 0 atom stereocenters. The number of rotatable bonds is 1. The molecule has 4 aromatic rings. The summed E-state index contributed by atoms with van der Waals surface area (Å²) in [7, 11) is 0. The largest absolute Gasteiger partial charge is 0.455 e. The lowest BCUT2D eigenvalue weighted by Crippen LogP contribution is -1.87. The van der Waals surface area contributed by atoms with E-state index in [1.807, 2.05) is 54.6 Å². The Balaban J connectivity index is 2.16. The molecular weight excluding hydrogens is 246 g/mol. The fourth-order valence-electron chi connectivity index (χ4n) is 2.70. The molecule has 0 bridgehead atoms. The van der Waals surface area contributed by atoms with Gasteiger partial charge in [-0.05, 0) is 23.8 Å². The van der Waals surface area contributed by atoms with Gasteiger partial charge in [0, 0.05) is 16.6 Å². The van der Waals surface area contributed by atoms with E-state index in [1.54, 1.807) is 0 Å². The number of fused-ring (bicyclic) bond motifs is 3. The molecule has 3 aromatic carbocycles. The van der Waals surface area contributed by atoms with E-state index < -0.39 is 0 Å². The predicted molar refractivity (Wildman–Crippen MR) is 83.6 cm³/mol. The van der Waals surface area contributed by atoms with Crippen LogP contribution in [0.1, 0.15) is 0 Å². The first kappa shape index (κ1) is 11.1. The Hall–Kier alpha value is -2.74. The fraction of sp³-hybridized carbons (Fsp3) is 0. The highest BCUT2D eigenvalue weighted by atomic mass is 16.3. The smallest absolute Gasteiger partial charge is 0.145 e. The molecule has 2 heteroatoms.